The van der Waals surface area contributed by atoms with Crippen molar-refractivity contribution in [2.75, 3.05) is 24.6 Å². The van der Waals surface area contributed by atoms with Crippen LogP contribution in [-0.2, 0) is 0 Å². The minimum atomic E-state index is -0.0894. The highest BCUT2D eigenvalue weighted by atomic mass is 16.1. The van der Waals surface area contributed by atoms with E-state index in [9.17, 15) is 4.79 Å². The van der Waals surface area contributed by atoms with Crippen LogP contribution >= 0.6 is 0 Å². The van der Waals surface area contributed by atoms with Crippen molar-refractivity contribution in [3.05, 3.63) is 23.8 Å². The van der Waals surface area contributed by atoms with Crippen LogP contribution in [0.4, 0.5) is 11.4 Å². The summed E-state index contributed by atoms with van der Waals surface area (Å²) >= 11 is 0. The summed E-state index contributed by atoms with van der Waals surface area (Å²) < 4.78 is 0. The molecule has 0 saturated heterocycles. The molecule has 4 nitrogen and oxygen atoms in total. The molecule has 0 aromatic heterocycles. The predicted molar refractivity (Wildman–Crippen MR) is 70.1 cm³/mol. The van der Waals surface area contributed by atoms with Crippen molar-refractivity contribution in [2.24, 2.45) is 5.41 Å². The minimum absolute atomic E-state index is 0.0894. The van der Waals surface area contributed by atoms with Gasteiger partial charge in [0.2, 0.25) is 0 Å². The Hall–Kier alpha value is -1.71. The number of benzene rings is 1. The highest BCUT2D eigenvalue weighted by Gasteiger charge is 2.36. The van der Waals surface area contributed by atoms with Gasteiger partial charge in [-0.25, -0.2) is 0 Å². The molecule has 2 rings (SSSR count). The van der Waals surface area contributed by atoms with Gasteiger partial charge in [-0.2, -0.15) is 0 Å². The lowest BCUT2D eigenvalue weighted by molar-refractivity contribution is 0.0964. The van der Waals surface area contributed by atoms with E-state index in [0.717, 1.165) is 12.2 Å². The first-order chi connectivity index (χ1) is 8.04. The first kappa shape index (κ1) is 11.8. The van der Waals surface area contributed by atoms with Crippen LogP contribution in [0.15, 0.2) is 18.2 Å². The molecule has 0 atom stereocenters. The van der Waals surface area contributed by atoms with Gasteiger partial charge < -0.3 is 16.4 Å². The van der Waals surface area contributed by atoms with Crippen molar-refractivity contribution in [1.82, 2.24) is 5.32 Å². The molecule has 4 N–H and O–H groups in total. The monoisotopic (exact) mass is 233 g/mol. The van der Waals surface area contributed by atoms with E-state index in [-0.39, 0.29) is 5.91 Å². The topological polar surface area (TPSA) is 67.2 Å². The summed E-state index contributed by atoms with van der Waals surface area (Å²) in [5.41, 5.74) is 8.27. The molecule has 0 radical (unpaired) electrons. The molecule has 0 spiro atoms. The zero-order valence-electron chi connectivity index (χ0n) is 10.3. The molecule has 1 fully saturated rings. The average Bonchev–Trinajstić information content (AvgIpc) is 3.04. The highest BCUT2D eigenvalue weighted by Crippen LogP contribution is 2.44. The van der Waals surface area contributed by atoms with E-state index in [1.165, 1.54) is 12.8 Å². The molecular weight excluding hydrogens is 214 g/mol. The van der Waals surface area contributed by atoms with Gasteiger partial charge in [-0.15, -0.1) is 0 Å². The number of nitrogen functional groups attached to an aromatic ring is 1. The Labute approximate surface area is 102 Å². The number of anilines is 2. The molecule has 1 aromatic carbocycles. The summed E-state index contributed by atoms with van der Waals surface area (Å²) in [7, 11) is 1.63. The lowest BCUT2D eigenvalue weighted by atomic mass is 10.1. The van der Waals surface area contributed by atoms with Crippen LogP contribution in [0.1, 0.15) is 30.1 Å². The molecule has 1 amide bonds. The first-order valence-electron chi connectivity index (χ1n) is 5.90. The molecule has 1 aromatic rings. The largest absolute Gasteiger partial charge is 0.399 e. The van der Waals surface area contributed by atoms with Crippen LogP contribution in [-0.4, -0.2) is 19.5 Å². The van der Waals surface area contributed by atoms with Crippen molar-refractivity contribution in [3.8, 4) is 0 Å². The van der Waals surface area contributed by atoms with Crippen LogP contribution in [0.25, 0.3) is 0 Å². The molecule has 0 aliphatic heterocycles. The maximum Gasteiger partial charge on any atom is 0.253 e. The first-order valence-corrected chi connectivity index (χ1v) is 5.90. The summed E-state index contributed by atoms with van der Waals surface area (Å²) in [4.78, 5) is 11.7. The Morgan fingerprint density at radius 3 is 2.76 bits per heavy atom. The van der Waals surface area contributed by atoms with Gasteiger partial charge in [0.1, 0.15) is 0 Å². The maximum absolute atomic E-state index is 11.7. The molecule has 0 heterocycles. The van der Waals surface area contributed by atoms with E-state index in [1.807, 2.05) is 6.07 Å². The summed E-state index contributed by atoms with van der Waals surface area (Å²) in [6.07, 6.45) is 2.50. The molecule has 1 aliphatic carbocycles. The summed E-state index contributed by atoms with van der Waals surface area (Å²) in [5.74, 6) is -0.0894. The van der Waals surface area contributed by atoms with E-state index < -0.39 is 0 Å². The normalized spacial score (nSPS) is 16.4. The van der Waals surface area contributed by atoms with Crippen molar-refractivity contribution in [2.45, 2.75) is 19.8 Å². The van der Waals surface area contributed by atoms with Crippen molar-refractivity contribution < 1.29 is 4.79 Å². The molecule has 1 aliphatic rings. The zero-order chi connectivity index (χ0) is 12.5. The zero-order valence-corrected chi connectivity index (χ0v) is 10.3. The van der Waals surface area contributed by atoms with E-state index in [1.54, 1.807) is 19.2 Å². The quantitative estimate of drug-likeness (QED) is 0.695. The number of nitrogens with one attached hydrogen (secondary N) is 2. The number of carbonyl (C=O) groups is 1. The lowest BCUT2D eigenvalue weighted by Gasteiger charge is -2.15. The van der Waals surface area contributed by atoms with Crippen LogP contribution in [0.2, 0.25) is 0 Å². The van der Waals surface area contributed by atoms with E-state index in [4.69, 9.17) is 5.73 Å². The van der Waals surface area contributed by atoms with Gasteiger partial charge >= 0.3 is 0 Å². The van der Waals surface area contributed by atoms with Gasteiger partial charge in [0, 0.05) is 25.0 Å². The van der Waals surface area contributed by atoms with Gasteiger partial charge in [-0.1, -0.05) is 6.92 Å². The van der Waals surface area contributed by atoms with Gasteiger partial charge in [0.15, 0.2) is 0 Å². The third-order valence-corrected chi connectivity index (χ3v) is 3.32. The van der Waals surface area contributed by atoms with Gasteiger partial charge in [0.25, 0.3) is 5.91 Å². The molecule has 92 valence electrons. The second-order valence-electron chi connectivity index (χ2n) is 5.05. The smallest absolute Gasteiger partial charge is 0.253 e. The Balaban J connectivity index is 2.17. The van der Waals surface area contributed by atoms with Crippen molar-refractivity contribution in [3.63, 3.8) is 0 Å². The SMILES string of the molecule is CNC(=O)c1ccc(N)cc1NCC1(C)CC1. The second kappa shape index (κ2) is 4.28. The third kappa shape index (κ3) is 2.70. The lowest BCUT2D eigenvalue weighted by Crippen LogP contribution is -2.21. The molecule has 0 unspecified atom stereocenters. The second-order valence-corrected chi connectivity index (χ2v) is 5.05. The summed E-state index contributed by atoms with van der Waals surface area (Å²) in [6.45, 7) is 3.13. The van der Waals surface area contributed by atoms with Crippen LogP contribution in [0.5, 0.6) is 0 Å². The Morgan fingerprint density at radius 2 is 2.18 bits per heavy atom. The Morgan fingerprint density at radius 1 is 1.47 bits per heavy atom. The van der Waals surface area contributed by atoms with E-state index in [0.29, 0.717) is 16.7 Å². The fourth-order valence-electron chi connectivity index (χ4n) is 1.74. The van der Waals surface area contributed by atoms with Crippen molar-refractivity contribution in [1.29, 1.82) is 0 Å². The van der Waals surface area contributed by atoms with E-state index in [2.05, 4.69) is 17.6 Å². The average molecular weight is 233 g/mol. The summed E-state index contributed by atoms with van der Waals surface area (Å²) in [6, 6.07) is 5.32. The maximum atomic E-state index is 11.7. The van der Waals surface area contributed by atoms with Crippen LogP contribution in [0.3, 0.4) is 0 Å². The number of nitrogens with two attached hydrogens (primary N) is 1. The van der Waals surface area contributed by atoms with E-state index >= 15 is 0 Å². The fraction of sp³-hybridized carbons (Fsp3) is 0.462. The molecule has 1 saturated carbocycles. The molecular formula is C13H19N3O. The number of carbonyl (C=O) groups excluding carboxylic acids is 1. The fourth-order valence-corrected chi connectivity index (χ4v) is 1.74. The third-order valence-electron chi connectivity index (χ3n) is 3.32. The van der Waals surface area contributed by atoms with Gasteiger partial charge in [-0.05, 0) is 36.5 Å². The molecule has 17 heavy (non-hydrogen) atoms. The number of hydrogen-bond acceptors (Lipinski definition) is 3. The number of amides is 1. The predicted octanol–water partition coefficient (Wildman–Crippen LogP) is 1.84. The summed E-state index contributed by atoms with van der Waals surface area (Å²) in [5, 5.41) is 5.97. The van der Waals surface area contributed by atoms with Gasteiger partial charge in [0.05, 0.1) is 5.56 Å². The minimum Gasteiger partial charge on any atom is -0.399 e. The Bertz CT molecular complexity index is 438. The Kier molecular flexibility index (Phi) is 2.96. The number of rotatable bonds is 4. The van der Waals surface area contributed by atoms with Crippen LogP contribution < -0.4 is 16.4 Å². The standard InChI is InChI=1S/C13H19N3O/c1-13(5-6-13)8-16-11-7-9(14)3-4-10(11)12(17)15-2/h3-4,7,16H,5-6,8,14H2,1-2H3,(H,15,17). The molecule has 0 bridgehead atoms. The molecule has 4 heteroatoms. The van der Waals surface area contributed by atoms with Crippen LogP contribution in [0, 0.1) is 5.41 Å². The van der Waals surface area contributed by atoms with Gasteiger partial charge in [-0.3, -0.25) is 4.79 Å². The number of hydrogen-bond donors (Lipinski definition) is 3. The highest BCUT2D eigenvalue weighted by molar-refractivity contribution is 6.00. The van der Waals surface area contributed by atoms with Crippen molar-refractivity contribution >= 4 is 17.3 Å².